The minimum absolute atomic E-state index is 0.0712. The van der Waals surface area contributed by atoms with Crippen LogP contribution in [0.3, 0.4) is 0 Å². The lowest BCUT2D eigenvalue weighted by Gasteiger charge is -2.04. The topological polar surface area (TPSA) is 87.0 Å². The molecule has 0 aliphatic rings. The zero-order valence-electron chi connectivity index (χ0n) is 10.4. The lowest BCUT2D eigenvalue weighted by molar-refractivity contribution is -0.113. The summed E-state index contributed by atoms with van der Waals surface area (Å²) in [5.41, 5.74) is 1.15. The predicted octanol–water partition coefficient (Wildman–Crippen LogP) is 1.27. The first-order valence-corrected chi connectivity index (χ1v) is 8.68. The first-order valence-electron chi connectivity index (χ1n) is 5.46. The molecule has 1 N–H and O–H groups in total. The molecule has 0 radical (unpaired) electrons. The van der Waals surface area contributed by atoms with Crippen LogP contribution < -0.4 is 5.32 Å². The molecule has 5 nitrogen and oxygen atoms in total. The fourth-order valence-electron chi connectivity index (χ4n) is 1.20. The summed E-state index contributed by atoms with van der Waals surface area (Å²) >= 11 is 1.27. The number of carbonyl (C=O) groups excluding carboxylic acids is 1. The Labute approximate surface area is 116 Å². The van der Waals surface area contributed by atoms with Gasteiger partial charge in [0.1, 0.15) is 9.84 Å². The minimum atomic E-state index is -2.97. The number of anilines is 1. The van der Waals surface area contributed by atoms with E-state index in [1.54, 1.807) is 24.3 Å². The Bertz CT molecular complexity index is 574. The molecule has 1 amide bonds. The smallest absolute Gasteiger partial charge is 0.234 e. The second-order valence-electron chi connectivity index (χ2n) is 3.92. The van der Waals surface area contributed by atoms with Gasteiger partial charge in [-0.15, -0.1) is 0 Å². The first-order chi connectivity index (χ1) is 8.90. The summed E-state index contributed by atoms with van der Waals surface area (Å²) in [6.07, 6.45) is 1.17. The average molecular weight is 298 g/mol. The van der Waals surface area contributed by atoms with E-state index in [0.717, 1.165) is 0 Å². The van der Waals surface area contributed by atoms with Crippen LogP contribution in [0.2, 0.25) is 0 Å². The molecule has 0 saturated heterocycles. The van der Waals surface area contributed by atoms with Gasteiger partial charge in [0.2, 0.25) is 5.91 Å². The molecule has 0 aliphatic heterocycles. The SMILES string of the molecule is CS(=O)(=O)CCSCC(=O)Nc1ccc(C#N)cc1. The molecule has 7 heteroatoms. The van der Waals surface area contributed by atoms with Crippen LogP contribution in [0, 0.1) is 11.3 Å². The Balaban J connectivity index is 2.33. The maximum atomic E-state index is 11.5. The van der Waals surface area contributed by atoms with Crippen LogP contribution in [0.5, 0.6) is 0 Å². The number of rotatable bonds is 6. The number of hydrogen-bond donors (Lipinski definition) is 1. The van der Waals surface area contributed by atoms with Crippen LogP contribution in [0.1, 0.15) is 5.56 Å². The van der Waals surface area contributed by atoms with Gasteiger partial charge in [0.15, 0.2) is 0 Å². The summed E-state index contributed by atoms with van der Waals surface area (Å²) in [5, 5.41) is 11.3. The van der Waals surface area contributed by atoms with E-state index in [1.807, 2.05) is 6.07 Å². The van der Waals surface area contributed by atoms with Crippen LogP contribution in [-0.4, -0.2) is 37.8 Å². The quantitative estimate of drug-likeness (QED) is 0.799. The van der Waals surface area contributed by atoms with E-state index in [0.29, 0.717) is 17.0 Å². The predicted molar refractivity (Wildman–Crippen MR) is 76.8 cm³/mol. The Morgan fingerprint density at radius 3 is 2.53 bits per heavy atom. The molecule has 1 aromatic carbocycles. The molecule has 0 fully saturated rings. The maximum Gasteiger partial charge on any atom is 0.234 e. The third-order valence-corrected chi connectivity index (χ3v) is 4.29. The van der Waals surface area contributed by atoms with Crippen molar-refractivity contribution in [3.05, 3.63) is 29.8 Å². The van der Waals surface area contributed by atoms with Crippen molar-refractivity contribution in [2.75, 3.05) is 28.8 Å². The number of benzene rings is 1. The number of carbonyl (C=O) groups is 1. The highest BCUT2D eigenvalue weighted by Gasteiger charge is 2.05. The number of sulfone groups is 1. The van der Waals surface area contributed by atoms with E-state index < -0.39 is 9.84 Å². The third-order valence-electron chi connectivity index (χ3n) is 2.13. The fraction of sp³-hybridized carbons (Fsp3) is 0.333. The highest BCUT2D eigenvalue weighted by Crippen LogP contribution is 2.10. The lowest BCUT2D eigenvalue weighted by Crippen LogP contribution is -2.15. The van der Waals surface area contributed by atoms with Crippen molar-refractivity contribution < 1.29 is 13.2 Å². The Morgan fingerprint density at radius 2 is 2.00 bits per heavy atom. The van der Waals surface area contributed by atoms with Gasteiger partial charge in [-0.25, -0.2) is 8.42 Å². The van der Waals surface area contributed by atoms with Gasteiger partial charge in [0.05, 0.1) is 23.1 Å². The van der Waals surface area contributed by atoms with Crippen molar-refractivity contribution in [1.29, 1.82) is 5.26 Å². The van der Waals surface area contributed by atoms with E-state index >= 15 is 0 Å². The second-order valence-corrected chi connectivity index (χ2v) is 7.28. The van der Waals surface area contributed by atoms with Gasteiger partial charge in [0, 0.05) is 17.7 Å². The zero-order chi connectivity index (χ0) is 14.3. The monoisotopic (exact) mass is 298 g/mol. The second kappa shape index (κ2) is 7.16. The van der Waals surface area contributed by atoms with E-state index in [1.165, 1.54) is 18.0 Å². The Morgan fingerprint density at radius 1 is 1.37 bits per heavy atom. The van der Waals surface area contributed by atoms with Crippen LogP contribution >= 0.6 is 11.8 Å². The molecule has 0 bridgehead atoms. The summed E-state index contributed by atoms with van der Waals surface area (Å²) in [4.78, 5) is 11.5. The zero-order valence-corrected chi connectivity index (χ0v) is 12.1. The number of nitrogens with zero attached hydrogens (tertiary/aromatic N) is 1. The highest BCUT2D eigenvalue weighted by molar-refractivity contribution is 8.01. The molecule has 1 aromatic rings. The molecule has 0 unspecified atom stereocenters. The standard InChI is InChI=1S/C12H14N2O3S2/c1-19(16,17)7-6-18-9-12(15)14-11-4-2-10(8-13)3-5-11/h2-5H,6-7,9H2,1H3,(H,14,15). The van der Waals surface area contributed by atoms with Crippen molar-refractivity contribution in [3.8, 4) is 6.07 Å². The van der Waals surface area contributed by atoms with Gasteiger partial charge >= 0.3 is 0 Å². The number of nitriles is 1. The van der Waals surface area contributed by atoms with Gasteiger partial charge in [0.25, 0.3) is 0 Å². The van der Waals surface area contributed by atoms with Crippen molar-refractivity contribution in [1.82, 2.24) is 0 Å². The molecule has 19 heavy (non-hydrogen) atoms. The van der Waals surface area contributed by atoms with E-state index in [-0.39, 0.29) is 17.4 Å². The molecular weight excluding hydrogens is 284 g/mol. The summed E-state index contributed by atoms with van der Waals surface area (Å²) in [7, 11) is -2.97. The largest absolute Gasteiger partial charge is 0.325 e. The molecule has 1 rings (SSSR count). The van der Waals surface area contributed by atoms with Crippen molar-refractivity contribution in [2.24, 2.45) is 0 Å². The first kappa shape index (κ1) is 15.5. The van der Waals surface area contributed by atoms with Gasteiger partial charge < -0.3 is 5.32 Å². The highest BCUT2D eigenvalue weighted by atomic mass is 32.2. The van der Waals surface area contributed by atoms with Crippen LogP contribution in [0.4, 0.5) is 5.69 Å². The van der Waals surface area contributed by atoms with Crippen LogP contribution in [0.25, 0.3) is 0 Å². The van der Waals surface area contributed by atoms with Gasteiger partial charge in [-0.1, -0.05) is 0 Å². The molecule has 0 saturated carbocycles. The molecule has 0 aliphatic carbocycles. The number of nitrogens with one attached hydrogen (secondary N) is 1. The van der Waals surface area contributed by atoms with Crippen molar-refractivity contribution >= 4 is 33.2 Å². The van der Waals surface area contributed by atoms with Gasteiger partial charge in [-0.05, 0) is 24.3 Å². The molecular formula is C12H14N2O3S2. The van der Waals surface area contributed by atoms with Gasteiger partial charge in [-0.3, -0.25) is 4.79 Å². The minimum Gasteiger partial charge on any atom is -0.325 e. The normalized spacial score (nSPS) is 10.7. The van der Waals surface area contributed by atoms with Crippen LogP contribution in [0.15, 0.2) is 24.3 Å². The summed E-state index contributed by atoms with van der Waals surface area (Å²) < 4.78 is 21.8. The molecule has 0 spiro atoms. The fourth-order valence-corrected chi connectivity index (χ4v) is 3.28. The van der Waals surface area contributed by atoms with Crippen LogP contribution in [-0.2, 0) is 14.6 Å². The van der Waals surface area contributed by atoms with E-state index in [9.17, 15) is 13.2 Å². The van der Waals surface area contributed by atoms with E-state index in [4.69, 9.17) is 5.26 Å². The Kier molecular flexibility index (Phi) is 5.86. The Hall–Kier alpha value is -1.52. The number of amides is 1. The summed E-state index contributed by atoms with van der Waals surface area (Å²) in [6, 6.07) is 8.53. The van der Waals surface area contributed by atoms with Gasteiger partial charge in [-0.2, -0.15) is 17.0 Å². The number of thioether (sulfide) groups is 1. The summed E-state index contributed by atoms with van der Waals surface area (Å²) in [5.74, 6) is 0.486. The lowest BCUT2D eigenvalue weighted by atomic mass is 10.2. The molecule has 0 aromatic heterocycles. The number of hydrogen-bond acceptors (Lipinski definition) is 5. The van der Waals surface area contributed by atoms with Crippen molar-refractivity contribution in [2.45, 2.75) is 0 Å². The maximum absolute atomic E-state index is 11.5. The molecule has 0 atom stereocenters. The third kappa shape index (κ3) is 6.84. The van der Waals surface area contributed by atoms with Crippen molar-refractivity contribution in [3.63, 3.8) is 0 Å². The van der Waals surface area contributed by atoms with E-state index in [2.05, 4.69) is 5.32 Å². The molecule has 0 heterocycles. The average Bonchev–Trinajstić information content (AvgIpc) is 2.34. The summed E-state index contributed by atoms with van der Waals surface area (Å²) in [6.45, 7) is 0. The molecule has 102 valence electrons.